The first kappa shape index (κ1) is 7.97. The number of carbonyl (C=O) groups is 1. The van der Waals surface area contributed by atoms with Gasteiger partial charge in [0.15, 0.2) is 5.82 Å². The Balaban J connectivity index is 2.15. The van der Waals surface area contributed by atoms with Gasteiger partial charge in [-0.25, -0.2) is 14.8 Å². The first-order valence-corrected chi connectivity index (χ1v) is 4.05. The first-order chi connectivity index (χ1) is 6.29. The van der Waals surface area contributed by atoms with Crippen LogP contribution in [0.25, 0.3) is 0 Å². The van der Waals surface area contributed by atoms with Crippen molar-refractivity contribution in [1.82, 2.24) is 14.9 Å². The van der Waals surface area contributed by atoms with Crippen LogP contribution in [0, 0.1) is 0 Å². The van der Waals surface area contributed by atoms with Gasteiger partial charge in [0.25, 0.3) is 0 Å². The summed E-state index contributed by atoms with van der Waals surface area (Å²) in [6.45, 7) is 0.582. The zero-order chi connectivity index (χ0) is 9.26. The van der Waals surface area contributed by atoms with Gasteiger partial charge >= 0.3 is 6.09 Å². The summed E-state index contributed by atoms with van der Waals surface area (Å²) < 4.78 is 0. The van der Waals surface area contributed by atoms with E-state index in [1.807, 2.05) is 0 Å². The van der Waals surface area contributed by atoms with E-state index in [1.165, 1.54) is 4.90 Å². The molecule has 1 atom stereocenters. The molecule has 1 fully saturated rings. The van der Waals surface area contributed by atoms with Gasteiger partial charge in [0, 0.05) is 18.9 Å². The van der Waals surface area contributed by atoms with Crippen molar-refractivity contribution in [2.24, 2.45) is 0 Å². The Kier molecular flexibility index (Phi) is 1.84. The molecule has 2 rings (SSSR count). The second-order valence-corrected chi connectivity index (χ2v) is 2.89. The molecular formula is C8H9N3O2. The maximum atomic E-state index is 10.6. The molecule has 0 bridgehead atoms. The van der Waals surface area contributed by atoms with E-state index >= 15 is 0 Å². The van der Waals surface area contributed by atoms with Gasteiger partial charge in [-0.2, -0.15) is 0 Å². The molecule has 68 valence electrons. The number of aromatic nitrogens is 2. The second-order valence-electron chi connectivity index (χ2n) is 2.89. The lowest BCUT2D eigenvalue weighted by Crippen LogP contribution is -2.45. The summed E-state index contributed by atoms with van der Waals surface area (Å²) in [6.07, 6.45) is 3.17. The van der Waals surface area contributed by atoms with E-state index in [0.717, 1.165) is 6.42 Å². The van der Waals surface area contributed by atoms with Crippen LogP contribution in [-0.2, 0) is 0 Å². The smallest absolute Gasteiger partial charge is 0.407 e. The maximum Gasteiger partial charge on any atom is 0.407 e. The fraction of sp³-hybridized carbons (Fsp3) is 0.375. The molecule has 0 radical (unpaired) electrons. The molecule has 0 aromatic carbocycles. The minimum Gasteiger partial charge on any atom is -0.465 e. The van der Waals surface area contributed by atoms with Crippen molar-refractivity contribution in [2.75, 3.05) is 6.54 Å². The number of amides is 1. The molecule has 13 heavy (non-hydrogen) atoms. The Bertz CT molecular complexity index is 314. The molecule has 5 nitrogen and oxygen atoms in total. The third kappa shape index (κ3) is 1.32. The molecule has 1 saturated heterocycles. The molecule has 0 spiro atoms. The lowest BCUT2D eigenvalue weighted by atomic mass is 10.0. The average molecular weight is 179 g/mol. The van der Waals surface area contributed by atoms with Crippen molar-refractivity contribution in [3.05, 3.63) is 24.3 Å². The molecule has 0 unspecified atom stereocenters. The number of hydrogen-bond donors (Lipinski definition) is 1. The van der Waals surface area contributed by atoms with Gasteiger partial charge in [-0.1, -0.05) is 0 Å². The Morgan fingerprint density at radius 2 is 2.23 bits per heavy atom. The van der Waals surface area contributed by atoms with Gasteiger partial charge in [0.1, 0.15) is 0 Å². The van der Waals surface area contributed by atoms with Crippen LogP contribution in [0.1, 0.15) is 18.3 Å². The molecule has 1 N–H and O–H groups in total. The molecule has 1 aliphatic heterocycles. The number of hydrogen-bond acceptors (Lipinski definition) is 3. The van der Waals surface area contributed by atoms with Crippen LogP contribution in [0.4, 0.5) is 4.79 Å². The normalized spacial score (nSPS) is 20.9. The molecule has 1 amide bonds. The number of rotatable bonds is 1. The topological polar surface area (TPSA) is 66.3 Å². The summed E-state index contributed by atoms with van der Waals surface area (Å²) >= 11 is 0. The third-order valence-corrected chi connectivity index (χ3v) is 2.15. The van der Waals surface area contributed by atoms with E-state index in [2.05, 4.69) is 9.97 Å². The lowest BCUT2D eigenvalue weighted by Gasteiger charge is -2.37. The quantitative estimate of drug-likeness (QED) is 0.695. The third-order valence-electron chi connectivity index (χ3n) is 2.15. The van der Waals surface area contributed by atoms with Crippen LogP contribution in [0.15, 0.2) is 18.5 Å². The van der Waals surface area contributed by atoms with E-state index < -0.39 is 6.09 Å². The van der Waals surface area contributed by atoms with Crippen LogP contribution in [0.3, 0.4) is 0 Å². The maximum absolute atomic E-state index is 10.6. The Morgan fingerprint density at radius 1 is 1.54 bits per heavy atom. The highest BCUT2D eigenvalue weighted by molar-refractivity contribution is 5.66. The highest BCUT2D eigenvalue weighted by Gasteiger charge is 2.34. The Labute approximate surface area is 75.0 Å². The van der Waals surface area contributed by atoms with E-state index in [-0.39, 0.29) is 6.04 Å². The first-order valence-electron chi connectivity index (χ1n) is 4.05. The number of likely N-dealkylation sites (tertiary alicyclic amines) is 1. The zero-order valence-corrected chi connectivity index (χ0v) is 6.92. The fourth-order valence-corrected chi connectivity index (χ4v) is 1.37. The summed E-state index contributed by atoms with van der Waals surface area (Å²) in [5, 5.41) is 8.74. The molecule has 5 heteroatoms. The predicted octanol–water partition coefficient (Wildman–Crippen LogP) is 0.901. The molecule has 1 aromatic rings. The summed E-state index contributed by atoms with van der Waals surface area (Å²) in [5.74, 6) is 0.594. The van der Waals surface area contributed by atoms with Crippen LogP contribution in [-0.4, -0.2) is 32.6 Å². The van der Waals surface area contributed by atoms with Crippen molar-refractivity contribution < 1.29 is 9.90 Å². The summed E-state index contributed by atoms with van der Waals surface area (Å²) in [5.41, 5.74) is 0. The zero-order valence-electron chi connectivity index (χ0n) is 6.92. The van der Waals surface area contributed by atoms with Crippen LogP contribution < -0.4 is 0 Å². The second kappa shape index (κ2) is 3.01. The van der Waals surface area contributed by atoms with E-state index in [0.29, 0.717) is 12.4 Å². The molecule has 1 aliphatic rings. The molecular weight excluding hydrogens is 170 g/mol. The predicted molar refractivity (Wildman–Crippen MR) is 44.1 cm³/mol. The summed E-state index contributed by atoms with van der Waals surface area (Å²) in [6, 6.07) is 1.58. The minimum atomic E-state index is -0.899. The van der Waals surface area contributed by atoms with Gasteiger partial charge in [0.05, 0.1) is 6.04 Å². The van der Waals surface area contributed by atoms with Gasteiger partial charge in [-0.05, 0) is 12.5 Å². The van der Waals surface area contributed by atoms with Gasteiger partial charge in [0.2, 0.25) is 0 Å². The van der Waals surface area contributed by atoms with Crippen molar-refractivity contribution >= 4 is 6.09 Å². The van der Waals surface area contributed by atoms with E-state index in [4.69, 9.17) is 5.11 Å². The average Bonchev–Trinajstić information content (AvgIpc) is 2.02. The largest absolute Gasteiger partial charge is 0.465 e. The Morgan fingerprint density at radius 3 is 2.69 bits per heavy atom. The number of carboxylic acid groups (broad SMARTS) is 1. The summed E-state index contributed by atoms with van der Waals surface area (Å²) in [4.78, 5) is 20.0. The molecule has 0 saturated carbocycles. The highest BCUT2D eigenvalue weighted by Crippen LogP contribution is 2.30. The van der Waals surface area contributed by atoms with Crippen molar-refractivity contribution in [1.29, 1.82) is 0 Å². The monoisotopic (exact) mass is 179 g/mol. The van der Waals surface area contributed by atoms with Crippen LogP contribution in [0.2, 0.25) is 0 Å². The molecule has 2 heterocycles. The highest BCUT2D eigenvalue weighted by atomic mass is 16.4. The van der Waals surface area contributed by atoms with Crippen LogP contribution in [0.5, 0.6) is 0 Å². The number of nitrogens with zero attached hydrogens (tertiary/aromatic N) is 3. The summed E-state index contributed by atoms with van der Waals surface area (Å²) in [7, 11) is 0. The van der Waals surface area contributed by atoms with Gasteiger partial charge in [-0.15, -0.1) is 0 Å². The molecule has 0 aliphatic carbocycles. The van der Waals surface area contributed by atoms with Crippen molar-refractivity contribution in [3.63, 3.8) is 0 Å². The van der Waals surface area contributed by atoms with Gasteiger partial charge < -0.3 is 5.11 Å². The van der Waals surface area contributed by atoms with Gasteiger partial charge in [-0.3, -0.25) is 4.90 Å². The fourth-order valence-electron chi connectivity index (χ4n) is 1.37. The standard InChI is InChI=1S/C8H9N3O2/c12-8(13)11-5-2-6(11)7-9-3-1-4-10-7/h1,3-4,6H,2,5H2,(H,12,13)/t6-/m0/s1. The molecule has 1 aromatic heterocycles. The van der Waals surface area contributed by atoms with E-state index in [1.54, 1.807) is 18.5 Å². The SMILES string of the molecule is O=C(O)N1CC[C@H]1c1ncccn1. The van der Waals surface area contributed by atoms with Crippen molar-refractivity contribution in [3.8, 4) is 0 Å². The lowest BCUT2D eigenvalue weighted by molar-refractivity contribution is 0.0714. The minimum absolute atomic E-state index is 0.140. The van der Waals surface area contributed by atoms with Crippen molar-refractivity contribution in [2.45, 2.75) is 12.5 Å². The van der Waals surface area contributed by atoms with E-state index in [9.17, 15) is 4.79 Å². The Hall–Kier alpha value is -1.65. The van der Waals surface area contributed by atoms with Crippen LogP contribution >= 0.6 is 0 Å².